The zero-order chi connectivity index (χ0) is 12.3. The van der Waals surface area contributed by atoms with Crippen molar-refractivity contribution in [2.24, 2.45) is 5.92 Å². The van der Waals surface area contributed by atoms with Gasteiger partial charge in [0, 0.05) is 6.92 Å². The summed E-state index contributed by atoms with van der Waals surface area (Å²) < 4.78 is 9.57. The van der Waals surface area contributed by atoms with Crippen molar-refractivity contribution in [2.75, 3.05) is 7.11 Å². The van der Waals surface area contributed by atoms with Crippen LogP contribution in [0.4, 0.5) is 0 Å². The molecule has 0 aromatic rings. The summed E-state index contributed by atoms with van der Waals surface area (Å²) in [5.74, 6) is -1.85. The zero-order valence-electron chi connectivity index (χ0n) is 9.48. The minimum atomic E-state index is -0.647. The second-order valence-corrected chi connectivity index (χ2v) is 3.76. The Morgan fingerprint density at radius 2 is 2.12 bits per heavy atom. The molecular weight excluding hydrogens is 214 g/mol. The monoisotopic (exact) mass is 229 g/mol. The lowest BCUT2D eigenvalue weighted by Crippen LogP contribution is -2.53. The van der Waals surface area contributed by atoms with E-state index >= 15 is 0 Å². The summed E-state index contributed by atoms with van der Waals surface area (Å²) in [6.45, 7) is 2.94. The Bertz CT molecular complexity index is 312. The van der Waals surface area contributed by atoms with E-state index in [1.165, 1.54) is 14.0 Å². The quantitative estimate of drug-likeness (QED) is 0.652. The molecule has 0 aromatic carbocycles. The number of carbonyl (C=O) groups is 3. The van der Waals surface area contributed by atoms with Crippen LogP contribution in [0.15, 0.2) is 0 Å². The van der Waals surface area contributed by atoms with Gasteiger partial charge in [0.2, 0.25) is 5.91 Å². The molecule has 1 aliphatic heterocycles. The lowest BCUT2D eigenvalue weighted by atomic mass is 9.89. The summed E-state index contributed by atoms with van der Waals surface area (Å²) in [6, 6.07) is -0.554. The number of amides is 1. The second kappa shape index (κ2) is 4.96. The lowest BCUT2D eigenvalue weighted by molar-refractivity contribution is -0.169. The number of methoxy groups -OCH3 is 1. The fourth-order valence-corrected chi connectivity index (χ4v) is 1.86. The summed E-state index contributed by atoms with van der Waals surface area (Å²) in [5.41, 5.74) is 0. The van der Waals surface area contributed by atoms with Crippen LogP contribution in [-0.2, 0) is 23.9 Å². The Labute approximate surface area is 93.3 Å². The maximum absolute atomic E-state index is 11.5. The maximum Gasteiger partial charge on any atom is 0.314 e. The highest BCUT2D eigenvalue weighted by Gasteiger charge is 2.42. The predicted octanol–water partition coefficient (Wildman–Crippen LogP) is -0.384. The minimum Gasteiger partial charge on any atom is -0.469 e. The number of nitrogens with one attached hydrogen (secondary N) is 1. The normalized spacial score (nSPS) is 29.2. The number of rotatable bonds is 2. The number of hydrogen-bond donors (Lipinski definition) is 1. The van der Waals surface area contributed by atoms with Crippen molar-refractivity contribution in [1.82, 2.24) is 5.32 Å². The standard InChI is InChI=1S/C10H15NO5/c1-5-9(10(14)15-3)7(11-6(2)12)4-8(13)16-5/h5,7,9H,4H2,1-3H3,(H,11,12)/t5-,7-,9-/m0/s1. The van der Waals surface area contributed by atoms with E-state index < -0.39 is 30.0 Å². The molecule has 90 valence electrons. The zero-order valence-corrected chi connectivity index (χ0v) is 9.48. The first-order valence-electron chi connectivity index (χ1n) is 5.00. The van der Waals surface area contributed by atoms with Crippen molar-refractivity contribution in [1.29, 1.82) is 0 Å². The molecule has 3 atom stereocenters. The highest BCUT2D eigenvalue weighted by atomic mass is 16.6. The van der Waals surface area contributed by atoms with E-state index in [1.54, 1.807) is 6.92 Å². The number of ether oxygens (including phenoxy) is 2. The van der Waals surface area contributed by atoms with Crippen LogP contribution in [0.25, 0.3) is 0 Å². The topological polar surface area (TPSA) is 81.7 Å². The van der Waals surface area contributed by atoms with Gasteiger partial charge in [-0.3, -0.25) is 14.4 Å². The van der Waals surface area contributed by atoms with Crippen LogP contribution in [-0.4, -0.2) is 37.1 Å². The average Bonchev–Trinajstić information content (AvgIpc) is 2.14. The predicted molar refractivity (Wildman–Crippen MR) is 53.3 cm³/mol. The summed E-state index contributed by atoms with van der Waals surface area (Å²) in [6.07, 6.45) is -0.602. The van der Waals surface area contributed by atoms with Crippen molar-refractivity contribution in [2.45, 2.75) is 32.4 Å². The van der Waals surface area contributed by atoms with Crippen LogP contribution in [0.5, 0.6) is 0 Å². The van der Waals surface area contributed by atoms with Gasteiger partial charge in [0.15, 0.2) is 0 Å². The minimum absolute atomic E-state index is 0.0102. The van der Waals surface area contributed by atoms with Gasteiger partial charge >= 0.3 is 11.9 Å². The van der Waals surface area contributed by atoms with Crippen molar-refractivity contribution in [3.8, 4) is 0 Å². The molecule has 1 amide bonds. The van der Waals surface area contributed by atoms with Crippen LogP contribution in [0.1, 0.15) is 20.3 Å². The van der Waals surface area contributed by atoms with E-state index in [-0.39, 0.29) is 12.3 Å². The molecule has 6 nitrogen and oxygen atoms in total. The van der Waals surface area contributed by atoms with Crippen molar-refractivity contribution in [3.05, 3.63) is 0 Å². The summed E-state index contributed by atoms with van der Waals surface area (Å²) in [5, 5.41) is 2.57. The molecule has 16 heavy (non-hydrogen) atoms. The number of hydrogen-bond acceptors (Lipinski definition) is 5. The van der Waals surface area contributed by atoms with Gasteiger partial charge in [-0.2, -0.15) is 0 Å². The number of carbonyl (C=O) groups excluding carboxylic acids is 3. The van der Waals surface area contributed by atoms with Gasteiger partial charge in [-0.1, -0.05) is 0 Å². The Kier molecular flexibility index (Phi) is 3.87. The van der Waals surface area contributed by atoms with E-state index in [2.05, 4.69) is 10.1 Å². The maximum atomic E-state index is 11.5. The van der Waals surface area contributed by atoms with Crippen LogP contribution in [0.3, 0.4) is 0 Å². The first-order valence-corrected chi connectivity index (χ1v) is 5.00. The summed E-state index contributed by atoms with van der Waals surface area (Å²) >= 11 is 0. The molecule has 0 aromatic heterocycles. The highest BCUT2D eigenvalue weighted by Crippen LogP contribution is 2.23. The third kappa shape index (κ3) is 2.71. The van der Waals surface area contributed by atoms with Gasteiger partial charge in [-0.05, 0) is 6.92 Å². The molecular formula is C10H15NO5. The molecule has 0 unspecified atom stereocenters. The van der Waals surface area contributed by atoms with E-state index in [9.17, 15) is 14.4 Å². The van der Waals surface area contributed by atoms with Crippen LogP contribution < -0.4 is 5.32 Å². The van der Waals surface area contributed by atoms with Gasteiger partial charge < -0.3 is 14.8 Å². The highest BCUT2D eigenvalue weighted by molar-refractivity contribution is 5.81. The van der Waals surface area contributed by atoms with Gasteiger partial charge in [-0.25, -0.2) is 0 Å². The molecule has 1 saturated heterocycles. The Morgan fingerprint density at radius 1 is 1.50 bits per heavy atom. The SMILES string of the molecule is COC(=O)[C@@H]1[C@@H](NC(C)=O)CC(=O)O[C@H]1C. The van der Waals surface area contributed by atoms with E-state index in [0.717, 1.165) is 0 Å². The molecule has 0 saturated carbocycles. The Morgan fingerprint density at radius 3 is 2.62 bits per heavy atom. The van der Waals surface area contributed by atoms with Crippen LogP contribution in [0, 0.1) is 5.92 Å². The summed E-state index contributed by atoms with van der Waals surface area (Å²) in [4.78, 5) is 33.7. The van der Waals surface area contributed by atoms with Crippen molar-refractivity contribution in [3.63, 3.8) is 0 Å². The third-order valence-corrected chi connectivity index (χ3v) is 2.51. The molecule has 1 fully saturated rings. The van der Waals surface area contributed by atoms with Gasteiger partial charge in [0.1, 0.15) is 12.0 Å². The number of cyclic esters (lactones) is 1. The molecule has 1 heterocycles. The van der Waals surface area contributed by atoms with E-state index in [4.69, 9.17) is 4.74 Å². The fraction of sp³-hybridized carbons (Fsp3) is 0.700. The van der Waals surface area contributed by atoms with Gasteiger partial charge in [0.05, 0.1) is 19.6 Å². The van der Waals surface area contributed by atoms with E-state index in [1.807, 2.05) is 0 Å². The Balaban J connectivity index is 2.84. The Hall–Kier alpha value is -1.59. The van der Waals surface area contributed by atoms with Crippen LogP contribution >= 0.6 is 0 Å². The molecule has 0 spiro atoms. The van der Waals surface area contributed by atoms with E-state index in [0.29, 0.717) is 0 Å². The largest absolute Gasteiger partial charge is 0.469 e. The molecule has 1 N–H and O–H groups in total. The molecule has 0 aliphatic carbocycles. The van der Waals surface area contributed by atoms with Crippen molar-refractivity contribution >= 4 is 17.8 Å². The van der Waals surface area contributed by atoms with Crippen molar-refractivity contribution < 1.29 is 23.9 Å². The lowest BCUT2D eigenvalue weighted by Gasteiger charge is -2.33. The fourth-order valence-electron chi connectivity index (χ4n) is 1.86. The third-order valence-electron chi connectivity index (χ3n) is 2.51. The summed E-state index contributed by atoms with van der Waals surface area (Å²) in [7, 11) is 1.26. The first kappa shape index (κ1) is 12.5. The van der Waals surface area contributed by atoms with Gasteiger partial charge in [0.25, 0.3) is 0 Å². The van der Waals surface area contributed by atoms with Gasteiger partial charge in [-0.15, -0.1) is 0 Å². The molecule has 1 rings (SSSR count). The first-order chi connectivity index (χ1) is 7.45. The average molecular weight is 229 g/mol. The molecule has 0 radical (unpaired) electrons. The molecule has 6 heteroatoms. The molecule has 1 aliphatic rings. The van der Waals surface area contributed by atoms with Crippen LogP contribution in [0.2, 0.25) is 0 Å². The number of esters is 2. The second-order valence-electron chi connectivity index (χ2n) is 3.76. The molecule has 0 bridgehead atoms. The smallest absolute Gasteiger partial charge is 0.314 e.